The van der Waals surface area contributed by atoms with Gasteiger partial charge >= 0.3 is 0 Å². The molecule has 2 aromatic rings. The first-order valence-electron chi connectivity index (χ1n) is 6.36. The monoisotopic (exact) mass is 259 g/mol. The highest BCUT2D eigenvalue weighted by Crippen LogP contribution is 2.12. The van der Waals surface area contributed by atoms with Gasteiger partial charge in [0, 0.05) is 6.54 Å². The number of ether oxygens (including phenoxy) is 1. The van der Waals surface area contributed by atoms with E-state index in [1.807, 2.05) is 36.4 Å². The second-order valence-electron chi connectivity index (χ2n) is 4.37. The molecule has 2 nitrogen and oxygen atoms in total. The predicted molar refractivity (Wildman–Crippen MR) is 74.8 cm³/mol. The van der Waals surface area contributed by atoms with Gasteiger partial charge in [-0.15, -0.1) is 0 Å². The normalized spacial score (nSPS) is 10.4. The third-order valence-electron chi connectivity index (χ3n) is 2.99. The summed E-state index contributed by atoms with van der Waals surface area (Å²) >= 11 is 0. The van der Waals surface area contributed by atoms with Crippen LogP contribution >= 0.6 is 0 Å². The second kappa shape index (κ2) is 6.90. The fraction of sp³-hybridized carbons (Fsp3) is 0.250. The maximum Gasteiger partial charge on any atom is 0.126 e. The lowest BCUT2D eigenvalue weighted by atomic mass is 10.1. The number of hydrogen-bond acceptors (Lipinski definition) is 2. The molecule has 0 atom stereocenters. The van der Waals surface area contributed by atoms with Crippen molar-refractivity contribution in [2.45, 2.75) is 13.0 Å². The van der Waals surface area contributed by atoms with E-state index in [1.165, 1.54) is 6.07 Å². The highest BCUT2D eigenvalue weighted by molar-refractivity contribution is 5.28. The van der Waals surface area contributed by atoms with E-state index in [1.54, 1.807) is 13.2 Å². The summed E-state index contributed by atoms with van der Waals surface area (Å²) in [5, 5.41) is 3.31. The standard InChI is InChI=1S/C16H18FNO/c1-19-15-7-4-5-13(11-15)12-18-10-9-14-6-2-3-8-16(14)17/h2-8,11,18H,9-10,12H2,1H3. The van der Waals surface area contributed by atoms with E-state index in [9.17, 15) is 4.39 Å². The fourth-order valence-electron chi connectivity index (χ4n) is 1.94. The van der Waals surface area contributed by atoms with Crippen molar-refractivity contribution in [2.75, 3.05) is 13.7 Å². The molecule has 0 aromatic heterocycles. The molecule has 0 radical (unpaired) electrons. The molecule has 100 valence electrons. The molecule has 0 spiro atoms. The van der Waals surface area contributed by atoms with Crippen LogP contribution in [0.3, 0.4) is 0 Å². The van der Waals surface area contributed by atoms with Gasteiger partial charge in [-0.25, -0.2) is 4.39 Å². The van der Waals surface area contributed by atoms with Crippen molar-refractivity contribution in [3.8, 4) is 5.75 Å². The first-order valence-corrected chi connectivity index (χ1v) is 6.36. The molecular formula is C16H18FNO. The Morgan fingerprint density at radius 3 is 2.74 bits per heavy atom. The molecule has 19 heavy (non-hydrogen) atoms. The third kappa shape index (κ3) is 4.07. The topological polar surface area (TPSA) is 21.3 Å². The Morgan fingerprint density at radius 2 is 1.95 bits per heavy atom. The maximum atomic E-state index is 13.4. The molecule has 2 rings (SSSR count). The van der Waals surface area contributed by atoms with Gasteiger partial charge in [-0.3, -0.25) is 0 Å². The molecule has 0 aliphatic carbocycles. The van der Waals surface area contributed by atoms with Crippen molar-refractivity contribution >= 4 is 0 Å². The molecule has 0 aliphatic heterocycles. The van der Waals surface area contributed by atoms with Gasteiger partial charge in [0.2, 0.25) is 0 Å². The highest BCUT2D eigenvalue weighted by Gasteiger charge is 2.00. The van der Waals surface area contributed by atoms with Crippen molar-refractivity contribution in [3.05, 3.63) is 65.5 Å². The number of hydrogen-bond donors (Lipinski definition) is 1. The van der Waals surface area contributed by atoms with Crippen molar-refractivity contribution in [2.24, 2.45) is 0 Å². The van der Waals surface area contributed by atoms with E-state index in [-0.39, 0.29) is 5.82 Å². The zero-order chi connectivity index (χ0) is 13.5. The molecule has 0 saturated carbocycles. The van der Waals surface area contributed by atoms with Crippen LogP contribution in [0.4, 0.5) is 4.39 Å². The molecule has 0 bridgehead atoms. The van der Waals surface area contributed by atoms with Crippen molar-refractivity contribution in [3.63, 3.8) is 0 Å². The zero-order valence-corrected chi connectivity index (χ0v) is 11.0. The molecule has 0 amide bonds. The Kier molecular flexibility index (Phi) is 4.93. The first kappa shape index (κ1) is 13.6. The minimum absolute atomic E-state index is 0.134. The first-order chi connectivity index (χ1) is 9.29. The summed E-state index contributed by atoms with van der Waals surface area (Å²) in [7, 11) is 1.66. The molecule has 0 heterocycles. The van der Waals surface area contributed by atoms with Gasteiger partial charge < -0.3 is 10.1 Å². The third-order valence-corrected chi connectivity index (χ3v) is 2.99. The Bertz CT molecular complexity index is 528. The Balaban J connectivity index is 1.79. The largest absolute Gasteiger partial charge is 0.497 e. The summed E-state index contributed by atoms with van der Waals surface area (Å²) in [6.07, 6.45) is 0.691. The summed E-state index contributed by atoms with van der Waals surface area (Å²) < 4.78 is 18.6. The number of benzene rings is 2. The van der Waals surface area contributed by atoms with Crippen LogP contribution in [-0.4, -0.2) is 13.7 Å². The van der Waals surface area contributed by atoms with E-state index < -0.39 is 0 Å². The van der Waals surface area contributed by atoms with Crippen LogP contribution in [-0.2, 0) is 13.0 Å². The Labute approximate surface area is 113 Å². The van der Waals surface area contributed by atoms with Gasteiger partial charge in [-0.05, 0) is 42.3 Å². The number of rotatable bonds is 6. The molecule has 1 N–H and O–H groups in total. The lowest BCUT2D eigenvalue weighted by Crippen LogP contribution is -2.17. The number of methoxy groups -OCH3 is 1. The lowest BCUT2D eigenvalue weighted by Gasteiger charge is -2.07. The summed E-state index contributed by atoms with van der Waals surface area (Å²) in [5.74, 6) is 0.721. The molecule has 0 unspecified atom stereocenters. The van der Waals surface area contributed by atoms with Crippen LogP contribution in [0, 0.1) is 5.82 Å². The molecule has 0 fully saturated rings. The summed E-state index contributed by atoms with van der Waals surface area (Å²) in [6.45, 7) is 1.50. The molecule has 0 saturated heterocycles. The lowest BCUT2D eigenvalue weighted by molar-refractivity contribution is 0.414. The van der Waals surface area contributed by atoms with Gasteiger partial charge in [0.05, 0.1) is 7.11 Å². The second-order valence-corrected chi connectivity index (χ2v) is 4.37. The van der Waals surface area contributed by atoms with E-state index >= 15 is 0 Å². The van der Waals surface area contributed by atoms with Crippen LogP contribution in [0.15, 0.2) is 48.5 Å². The average Bonchev–Trinajstić information content (AvgIpc) is 2.45. The van der Waals surface area contributed by atoms with Crippen LogP contribution in [0.1, 0.15) is 11.1 Å². The quantitative estimate of drug-likeness (QED) is 0.805. The summed E-state index contributed by atoms with van der Waals surface area (Å²) in [5.41, 5.74) is 1.91. The van der Waals surface area contributed by atoms with Crippen LogP contribution < -0.4 is 10.1 Å². The van der Waals surface area contributed by atoms with Crippen molar-refractivity contribution in [1.82, 2.24) is 5.32 Å². The molecular weight excluding hydrogens is 241 g/mol. The van der Waals surface area contributed by atoms with Crippen molar-refractivity contribution < 1.29 is 9.13 Å². The number of halogens is 1. The Hall–Kier alpha value is -1.87. The van der Waals surface area contributed by atoms with Gasteiger partial charge in [0.1, 0.15) is 11.6 Å². The summed E-state index contributed by atoms with van der Waals surface area (Å²) in [4.78, 5) is 0. The van der Waals surface area contributed by atoms with E-state index in [2.05, 4.69) is 5.32 Å². The molecule has 0 aliphatic rings. The SMILES string of the molecule is COc1cccc(CNCCc2ccccc2F)c1. The van der Waals surface area contributed by atoms with Gasteiger partial charge in [0.25, 0.3) is 0 Å². The number of nitrogens with one attached hydrogen (secondary N) is 1. The van der Waals surface area contributed by atoms with Gasteiger partial charge in [0.15, 0.2) is 0 Å². The Morgan fingerprint density at radius 1 is 1.11 bits per heavy atom. The van der Waals surface area contributed by atoms with E-state index in [0.29, 0.717) is 6.42 Å². The van der Waals surface area contributed by atoms with Crippen LogP contribution in [0.5, 0.6) is 5.75 Å². The predicted octanol–water partition coefficient (Wildman–Crippen LogP) is 3.17. The maximum absolute atomic E-state index is 13.4. The average molecular weight is 259 g/mol. The molecule has 3 heteroatoms. The molecule has 2 aromatic carbocycles. The zero-order valence-electron chi connectivity index (χ0n) is 11.0. The van der Waals surface area contributed by atoms with Crippen LogP contribution in [0.2, 0.25) is 0 Å². The van der Waals surface area contributed by atoms with Gasteiger partial charge in [-0.2, -0.15) is 0 Å². The minimum atomic E-state index is -0.134. The van der Waals surface area contributed by atoms with E-state index in [4.69, 9.17) is 4.74 Å². The van der Waals surface area contributed by atoms with Crippen LogP contribution in [0.25, 0.3) is 0 Å². The highest BCUT2D eigenvalue weighted by atomic mass is 19.1. The minimum Gasteiger partial charge on any atom is -0.497 e. The van der Waals surface area contributed by atoms with E-state index in [0.717, 1.165) is 30.0 Å². The summed E-state index contributed by atoms with van der Waals surface area (Å²) in [6, 6.07) is 14.8. The van der Waals surface area contributed by atoms with Gasteiger partial charge in [-0.1, -0.05) is 30.3 Å². The van der Waals surface area contributed by atoms with Crippen molar-refractivity contribution in [1.29, 1.82) is 0 Å². The smallest absolute Gasteiger partial charge is 0.126 e. The fourth-order valence-corrected chi connectivity index (χ4v) is 1.94.